The van der Waals surface area contributed by atoms with Crippen LogP contribution in [0.15, 0.2) is 18.2 Å². The smallest absolute Gasteiger partial charge is 0.0332 e. The molecule has 2 nitrogen and oxygen atoms in total. The lowest BCUT2D eigenvalue weighted by molar-refractivity contribution is 0.363. The topological polar surface area (TPSA) is 15.3 Å². The van der Waals surface area contributed by atoms with Crippen LogP contribution in [0, 0.1) is 13.8 Å². The first-order valence-electron chi connectivity index (χ1n) is 6.49. The van der Waals surface area contributed by atoms with E-state index in [2.05, 4.69) is 63.3 Å². The zero-order valence-corrected chi connectivity index (χ0v) is 11.9. The van der Waals surface area contributed by atoms with Gasteiger partial charge in [0.25, 0.3) is 0 Å². The van der Waals surface area contributed by atoms with Gasteiger partial charge in [-0.15, -0.1) is 0 Å². The zero-order chi connectivity index (χ0) is 12.8. The van der Waals surface area contributed by atoms with Crippen molar-refractivity contribution in [1.29, 1.82) is 0 Å². The molecule has 0 bridgehead atoms. The van der Waals surface area contributed by atoms with Crippen molar-refractivity contribution in [2.75, 3.05) is 27.2 Å². The highest BCUT2D eigenvalue weighted by atomic mass is 15.1. The number of hydrogen-bond acceptors (Lipinski definition) is 2. The van der Waals surface area contributed by atoms with Crippen LogP contribution < -0.4 is 5.32 Å². The van der Waals surface area contributed by atoms with E-state index in [1.807, 2.05) is 0 Å². The quantitative estimate of drug-likeness (QED) is 0.814. The molecule has 0 saturated carbocycles. The van der Waals surface area contributed by atoms with Crippen LogP contribution >= 0.6 is 0 Å². The largest absolute Gasteiger partial charge is 0.310 e. The number of nitrogens with one attached hydrogen (secondary N) is 1. The Morgan fingerprint density at radius 1 is 1.12 bits per heavy atom. The monoisotopic (exact) mass is 234 g/mol. The van der Waals surface area contributed by atoms with E-state index in [1.54, 1.807) is 0 Å². The van der Waals surface area contributed by atoms with Crippen LogP contribution in [0.3, 0.4) is 0 Å². The molecule has 0 aromatic heterocycles. The van der Waals surface area contributed by atoms with Crippen molar-refractivity contribution in [3.8, 4) is 0 Å². The highest BCUT2D eigenvalue weighted by molar-refractivity contribution is 5.30. The maximum Gasteiger partial charge on any atom is 0.0332 e. The van der Waals surface area contributed by atoms with Crippen molar-refractivity contribution in [3.05, 3.63) is 34.9 Å². The van der Waals surface area contributed by atoms with Crippen LogP contribution in [-0.4, -0.2) is 32.1 Å². The summed E-state index contributed by atoms with van der Waals surface area (Å²) >= 11 is 0. The van der Waals surface area contributed by atoms with Gasteiger partial charge >= 0.3 is 0 Å². The number of aryl methyl sites for hydroxylation is 2. The molecule has 1 aromatic carbocycles. The molecule has 2 heteroatoms. The lowest BCUT2D eigenvalue weighted by atomic mass is 9.99. The minimum absolute atomic E-state index is 0.473. The van der Waals surface area contributed by atoms with Crippen molar-refractivity contribution in [1.82, 2.24) is 10.2 Å². The zero-order valence-electron chi connectivity index (χ0n) is 11.9. The summed E-state index contributed by atoms with van der Waals surface area (Å²) in [5, 5.41) is 3.58. The summed E-state index contributed by atoms with van der Waals surface area (Å²) in [7, 11) is 4.26. The molecule has 1 N–H and O–H groups in total. The predicted molar refractivity (Wildman–Crippen MR) is 75.5 cm³/mol. The van der Waals surface area contributed by atoms with Crippen molar-refractivity contribution in [2.24, 2.45) is 0 Å². The molecule has 0 aliphatic rings. The van der Waals surface area contributed by atoms with Crippen LogP contribution in [0.5, 0.6) is 0 Å². The molecular weight excluding hydrogens is 208 g/mol. The maximum absolute atomic E-state index is 3.58. The Morgan fingerprint density at radius 3 is 2.18 bits per heavy atom. The maximum atomic E-state index is 3.58. The highest BCUT2D eigenvalue weighted by Crippen LogP contribution is 2.20. The van der Waals surface area contributed by atoms with E-state index in [-0.39, 0.29) is 0 Å². The van der Waals surface area contributed by atoms with Gasteiger partial charge in [-0.05, 0) is 53.0 Å². The SMILES string of the molecule is CCNC(CCN(C)C)c1cc(C)cc(C)c1. The fourth-order valence-electron chi connectivity index (χ4n) is 2.23. The minimum atomic E-state index is 0.473. The van der Waals surface area contributed by atoms with Gasteiger partial charge in [-0.2, -0.15) is 0 Å². The summed E-state index contributed by atoms with van der Waals surface area (Å²) in [4.78, 5) is 2.24. The molecule has 0 spiro atoms. The lowest BCUT2D eigenvalue weighted by Gasteiger charge is -2.21. The molecule has 1 atom stereocenters. The van der Waals surface area contributed by atoms with Crippen LogP contribution in [0.4, 0.5) is 0 Å². The first-order chi connectivity index (χ1) is 8.02. The molecule has 0 fully saturated rings. The van der Waals surface area contributed by atoms with Crippen molar-refractivity contribution in [3.63, 3.8) is 0 Å². The van der Waals surface area contributed by atoms with Gasteiger partial charge in [0.05, 0.1) is 0 Å². The Bertz CT molecular complexity index is 325. The van der Waals surface area contributed by atoms with E-state index >= 15 is 0 Å². The average Bonchev–Trinajstić information content (AvgIpc) is 2.22. The van der Waals surface area contributed by atoms with Gasteiger partial charge in [-0.1, -0.05) is 36.2 Å². The second-order valence-electron chi connectivity index (χ2n) is 5.12. The van der Waals surface area contributed by atoms with Gasteiger partial charge in [-0.25, -0.2) is 0 Å². The molecule has 0 amide bonds. The second-order valence-corrected chi connectivity index (χ2v) is 5.12. The Kier molecular flexibility index (Phi) is 5.66. The number of rotatable bonds is 6. The predicted octanol–water partition coefficient (Wildman–Crippen LogP) is 2.91. The molecule has 0 aliphatic carbocycles. The van der Waals surface area contributed by atoms with E-state index in [4.69, 9.17) is 0 Å². The summed E-state index contributed by atoms with van der Waals surface area (Å²) in [6.45, 7) is 8.65. The van der Waals surface area contributed by atoms with Gasteiger partial charge in [0, 0.05) is 6.04 Å². The van der Waals surface area contributed by atoms with Gasteiger partial charge < -0.3 is 10.2 Å². The third kappa shape index (κ3) is 4.88. The average molecular weight is 234 g/mol. The second kappa shape index (κ2) is 6.77. The van der Waals surface area contributed by atoms with E-state index in [9.17, 15) is 0 Å². The summed E-state index contributed by atoms with van der Waals surface area (Å²) in [6, 6.07) is 7.31. The van der Waals surface area contributed by atoms with Gasteiger partial charge in [0.2, 0.25) is 0 Å². The summed E-state index contributed by atoms with van der Waals surface area (Å²) in [5.41, 5.74) is 4.13. The molecule has 1 rings (SSSR count). The first kappa shape index (κ1) is 14.2. The lowest BCUT2D eigenvalue weighted by Crippen LogP contribution is -2.25. The van der Waals surface area contributed by atoms with E-state index in [1.165, 1.54) is 16.7 Å². The van der Waals surface area contributed by atoms with Crippen LogP contribution in [0.2, 0.25) is 0 Å². The van der Waals surface area contributed by atoms with E-state index < -0.39 is 0 Å². The summed E-state index contributed by atoms with van der Waals surface area (Å²) in [5.74, 6) is 0. The molecule has 1 unspecified atom stereocenters. The molecule has 0 radical (unpaired) electrons. The third-order valence-corrected chi connectivity index (χ3v) is 2.96. The number of benzene rings is 1. The highest BCUT2D eigenvalue weighted by Gasteiger charge is 2.11. The van der Waals surface area contributed by atoms with Crippen LogP contribution in [0.1, 0.15) is 36.1 Å². The first-order valence-corrected chi connectivity index (χ1v) is 6.49. The molecule has 1 aromatic rings. The molecular formula is C15H26N2. The summed E-state index contributed by atoms with van der Waals surface area (Å²) in [6.07, 6.45) is 1.16. The van der Waals surface area contributed by atoms with E-state index in [0.29, 0.717) is 6.04 Å². The van der Waals surface area contributed by atoms with Crippen LogP contribution in [-0.2, 0) is 0 Å². The van der Waals surface area contributed by atoms with Crippen molar-refractivity contribution < 1.29 is 0 Å². The Balaban J connectivity index is 2.80. The molecule has 96 valence electrons. The van der Waals surface area contributed by atoms with Crippen molar-refractivity contribution in [2.45, 2.75) is 33.2 Å². The number of hydrogen-bond donors (Lipinski definition) is 1. The number of nitrogens with zero attached hydrogens (tertiary/aromatic N) is 1. The van der Waals surface area contributed by atoms with Crippen LogP contribution in [0.25, 0.3) is 0 Å². The molecule has 0 saturated heterocycles. The Labute approximate surface area is 106 Å². The Morgan fingerprint density at radius 2 is 1.71 bits per heavy atom. The molecule has 0 heterocycles. The molecule has 17 heavy (non-hydrogen) atoms. The fraction of sp³-hybridized carbons (Fsp3) is 0.600. The standard InChI is InChI=1S/C15H26N2/c1-6-16-15(7-8-17(4)5)14-10-12(2)9-13(3)11-14/h9-11,15-16H,6-8H2,1-5H3. The van der Waals surface area contributed by atoms with Gasteiger partial charge in [0.1, 0.15) is 0 Å². The van der Waals surface area contributed by atoms with Crippen molar-refractivity contribution >= 4 is 0 Å². The van der Waals surface area contributed by atoms with E-state index in [0.717, 1.165) is 19.5 Å². The van der Waals surface area contributed by atoms with Gasteiger partial charge in [0.15, 0.2) is 0 Å². The minimum Gasteiger partial charge on any atom is -0.310 e. The fourth-order valence-corrected chi connectivity index (χ4v) is 2.23. The van der Waals surface area contributed by atoms with Gasteiger partial charge in [-0.3, -0.25) is 0 Å². The normalized spacial score (nSPS) is 13.1. The summed E-state index contributed by atoms with van der Waals surface area (Å²) < 4.78 is 0. The molecule has 0 aliphatic heterocycles. The Hall–Kier alpha value is -0.860. The third-order valence-electron chi connectivity index (χ3n) is 2.96.